The highest BCUT2D eigenvalue weighted by Gasteiger charge is 1.97. The van der Waals surface area contributed by atoms with Crippen LogP contribution in [0.3, 0.4) is 0 Å². The molecule has 0 amide bonds. The zero-order valence-corrected chi connectivity index (χ0v) is 7.44. The van der Waals surface area contributed by atoms with Gasteiger partial charge in [-0.1, -0.05) is 5.92 Å². The first-order valence-corrected chi connectivity index (χ1v) is 3.93. The van der Waals surface area contributed by atoms with Crippen LogP contribution in [0.1, 0.15) is 18.3 Å². The number of imidazole rings is 1. The van der Waals surface area contributed by atoms with Crippen molar-refractivity contribution in [3.05, 3.63) is 17.7 Å². The standard InChI is InChI=1S/C9H13N3/c1-3-4-5-10-6-9-8(2)11-7-12-9/h7,10H,5-6H2,1-2H3,(H,11,12). The van der Waals surface area contributed by atoms with Crippen LogP contribution in [-0.2, 0) is 6.54 Å². The zero-order valence-electron chi connectivity index (χ0n) is 7.44. The van der Waals surface area contributed by atoms with E-state index in [2.05, 4.69) is 27.1 Å². The molecule has 2 N–H and O–H groups in total. The lowest BCUT2D eigenvalue weighted by Crippen LogP contribution is -2.14. The lowest BCUT2D eigenvalue weighted by Gasteiger charge is -1.97. The van der Waals surface area contributed by atoms with Crippen LogP contribution in [0, 0.1) is 18.8 Å². The molecular weight excluding hydrogens is 150 g/mol. The minimum Gasteiger partial charge on any atom is -0.348 e. The van der Waals surface area contributed by atoms with Crippen molar-refractivity contribution in [1.82, 2.24) is 15.3 Å². The predicted molar refractivity (Wildman–Crippen MR) is 48.5 cm³/mol. The Morgan fingerprint density at radius 3 is 3.08 bits per heavy atom. The molecule has 0 saturated carbocycles. The monoisotopic (exact) mass is 163 g/mol. The van der Waals surface area contributed by atoms with Crippen LogP contribution in [0.5, 0.6) is 0 Å². The van der Waals surface area contributed by atoms with E-state index in [-0.39, 0.29) is 0 Å². The number of hydrogen-bond acceptors (Lipinski definition) is 2. The fourth-order valence-electron chi connectivity index (χ4n) is 0.897. The van der Waals surface area contributed by atoms with Crippen LogP contribution in [0.15, 0.2) is 6.33 Å². The maximum Gasteiger partial charge on any atom is 0.0925 e. The normalized spacial score (nSPS) is 9.17. The summed E-state index contributed by atoms with van der Waals surface area (Å²) >= 11 is 0. The van der Waals surface area contributed by atoms with Gasteiger partial charge in [-0.05, 0) is 13.8 Å². The third kappa shape index (κ3) is 2.40. The molecule has 0 atom stereocenters. The number of aryl methyl sites for hydroxylation is 1. The Kier molecular flexibility index (Phi) is 3.36. The van der Waals surface area contributed by atoms with Gasteiger partial charge in [-0.3, -0.25) is 0 Å². The Morgan fingerprint density at radius 1 is 1.67 bits per heavy atom. The van der Waals surface area contributed by atoms with E-state index in [1.165, 1.54) is 0 Å². The van der Waals surface area contributed by atoms with E-state index in [1.807, 2.05) is 13.8 Å². The van der Waals surface area contributed by atoms with E-state index in [4.69, 9.17) is 0 Å². The largest absolute Gasteiger partial charge is 0.348 e. The second-order valence-corrected chi connectivity index (χ2v) is 2.50. The summed E-state index contributed by atoms with van der Waals surface area (Å²) in [5.74, 6) is 5.75. The molecule has 1 aromatic heterocycles. The number of nitrogens with one attached hydrogen (secondary N) is 2. The first-order chi connectivity index (χ1) is 5.84. The number of nitrogens with zero attached hydrogens (tertiary/aromatic N) is 1. The predicted octanol–water partition coefficient (Wildman–Crippen LogP) is 0.831. The van der Waals surface area contributed by atoms with Crippen LogP contribution in [0.2, 0.25) is 0 Å². The number of H-pyrrole nitrogens is 1. The van der Waals surface area contributed by atoms with E-state index < -0.39 is 0 Å². The summed E-state index contributed by atoms with van der Waals surface area (Å²) < 4.78 is 0. The second-order valence-electron chi connectivity index (χ2n) is 2.50. The van der Waals surface area contributed by atoms with Crippen molar-refractivity contribution >= 4 is 0 Å². The fourth-order valence-corrected chi connectivity index (χ4v) is 0.897. The van der Waals surface area contributed by atoms with Crippen LogP contribution in [0.25, 0.3) is 0 Å². The molecule has 0 aliphatic rings. The third-order valence-electron chi connectivity index (χ3n) is 1.62. The number of rotatable bonds is 3. The Bertz CT molecular complexity index is 290. The average Bonchev–Trinajstić information content (AvgIpc) is 2.46. The highest BCUT2D eigenvalue weighted by molar-refractivity contribution is 5.08. The van der Waals surface area contributed by atoms with Gasteiger partial charge < -0.3 is 10.3 Å². The smallest absolute Gasteiger partial charge is 0.0925 e. The summed E-state index contributed by atoms with van der Waals surface area (Å²) in [5.41, 5.74) is 2.18. The van der Waals surface area contributed by atoms with E-state index >= 15 is 0 Å². The second kappa shape index (κ2) is 4.58. The van der Waals surface area contributed by atoms with Gasteiger partial charge in [-0.2, -0.15) is 0 Å². The Balaban J connectivity index is 2.32. The van der Waals surface area contributed by atoms with Crippen LogP contribution < -0.4 is 5.32 Å². The SMILES string of the molecule is CC#CCNCc1nc[nH]c1C. The molecule has 0 aliphatic heterocycles. The lowest BCUT2D eigenvalue weighted by atomic mass is 10.3. The summed E-state index contributed by atoms with van der Waals surface area (Å²) in [6.07, 6.45) is 1.71. The fraction of sp³-hybridized carbons (Fsp3) is 0.444. The summed E-state index contributed by atoms with van der Waals surface area (Å²) in [7, 11) is 0. The molecule has 0 aliphatic carbocycles. The molecule has 64 valence electrons. The van der Waals surface area contributed by atoms with E-state index in [0.717, 1.165) is 24.5 Å². The van der Waals surface area contributed by atoms with Crippen LogP contribution in [0.4, 0.5) is 0 Å². The summed E-state index contributed by atoms with van der Waals surface area (Å²) in [5, 5.41) is 3.17. The minimum atomic E-state index is 0.725. The molecule has 0 fully saturated rings. The Labute approximate surface area is 72.6 Å². The van der Waals surface area contributed by atoms with E-state index in [9.17, 15) is 0 Å². The van der Waals surface area contributed by atoms with Gasteiger partial charge in [-0.15, -0.1) is 5.92 Å². The lowest BCUT2D eigenvalue weighted by molar-refractivity contribution is 0.748. The molecule has 0 bridgehead atoms. The van der Waals surface area contributed by atoms with E-state index in [1.54, 1.807) is 6.33 Å². The average molecular weight is 163 g/mol. The highest BCUT2D eigenvalue weighted by Crippen LogP contribution is 1.98. The van der Waals surface area contributed by atoms with E-state index in [0.29, 0.717) is 0 Å². The maximum absolute atomic E-state index is 4.15. The maximum atomic E-state index is 4.15. The molecular formula is C9H13N3. The van der Waals surface area contributed by atoms with Gasteiger partial charge in [0.15, 0.2) is 0 Å². The quantitative estimate of drug-likeness (QED) is 0.512. The highest BCUT2D eigenvalue weighted by atomic mass is 14.9. The van der Waals surface area contributed by atoms with Crippen molar-refractivity contribution in [2.24, 2.45) is 0 Å². The molecule has 3 nitrogen and oxygen atoms in total. The van der Waals surface area contributed by atoms with Crippen molar-refractivity contribution in [3.8, 4) is 11.8 Å². The van der Waals surface area contributed by atoms with Crippen molar-refractivity contribution in [2.45, 2.75) is 20.4 Å². The van der Waals surface area contributed by atoms with Crippen LogP contribution >= 0.6 is 0 Å². The van der Waals surface area contributed by atoms with Crippen molar-refractivity contribution in [2.75, 3.05) is 6.54 Å². The topological polar surface area (TPSA) is 40.7 Å². The van der Waals surface area contributed by atoms with Crippen molar-refractivity contribution in [1.29, 1.82) is 0 Å². The van der Waals surface area contributed by atoms with Gasteiger partial charge in [0.25, 0.3) is 0 Å². The molecule has 0 spiro atoms. The van der Waals surface area contributed by atoms with Crippen molar-refractivity contribution in [3.63, 3.8) is 0 Å². The molecule has 0 radical (unpaired) electrons. The molecule has 0 saturated heterocycles. The molecule has 3 heteroatoms. The summed E-state index contributed by atoms with van der Waals surface area (Å²) in [6, 6.07) is 0. The van der Waals surface area contributed by atoms with Crippen molar-refractivity contribution < 1.29 is 0 Å². The summed E-state index contributed by atoms with van der Waals surface area (Å²) in [6.45, 7) is 5.35. The molecule has 0 aromatic carbocycles. The van der Waals surface area contributed by atoms with Gasteiger partial charge in [0.1, 0.15) is 0 Å². The number of aromatic nitrogens is 2. The van der Waals surface area contributed by atoms with Gasteiger partial charge in [0.2, 0.25) is 0 Å². The number of aromatic amines is 1. The summed E-state index contributed by atoms with van der Waals surface area (Å²) in [4.78, 5) is 7.17. The van der Waals surface area contributed by atoms with Crippen LogP contribution in [-0.4, -0.2) is 16.5 Å². The van der Waals surface area contributed by atoms with Gasteiger partial charge >= 0.3 is 0 Å². The Morgan fingerprint density at radius 2 is 2.50 bits per heavy atom. The Hall–Kier alpha value is -1.27. The molecule has 1 heterocycles. The first kappa shape index (κ1) is 8.82. The van der Waals surface area contributed by atoms with Gasteiger partial charge in [-0.25, -0.2) is 4.98 Å². The third-order valence-corrected chi connectivity index (χ3v) is 1.62. The molecule has 1 rings (SSSR count). The number of hydrogen-bond donors (Lipinski definition) is 2. The molecule has 12 heavy (non-hydrogen) atoms. The first-order valence-electron chi connectivity index (χ1n) is 3.93. The van der Waals surface area contributed by atoms with Gasteiger partial charge in [0, 0.05) is 12.2 Å². The van der Waals surface area contributed by atoms with Gasteiger partial charge in [0.05, 0.1) is 18.6 Å². The molecule has 1 aromatic rings. The minimum absolute atomic E-state index is 0.725. The zero-order chi connectivity index (χ0) is 8.81. The molecule has 0 unspecified atom stereocenters.